The number of hydrogen-bond donors (Lipinski definition) is 1. The number of nitro benzene ring substituents is 1. The van der Waals surface area contributed by atoms with E-state index >= 15 is 0 Å². The Morgan fingerprint density at radius 2 is 1.89 bits per heavy atom. The minimum absolute atomic E-state index is 0.0948. The first kappa shape index (κ1) is 13.3. The van der Waals surface area contributed by atoms with Crippen LogP contribution in [0.3, 0.4) is 0 Å². The van der Waals surface area contributed by atoms with Gasteiger partial charge in [0, 0.05) is 18.3 Å². The number of halogens is 2. The number of nitrogens with one attached hydrogen (secondary N) is 1. The normalized spacial score (nSPS) is 10.2. The minimum Gasteiger partial charge on any atom is -0.381 e. The van der Waals surface area contributed by atoms with Crippen molar-refractivity contribution in [1.82, 2.24) is 0 Å². The van der Waals surface area contributed by atoms with Gasteiger partial charge < -0.3 is 5.32 Å². The quantitative estimate of drug-likeness (QED) is 0.680. The Balaban J connectivity index is 2.09. The van der Waals surface area contributed by atoms with E-state index in [4.69, 9.17) is 11.6 Å². The highest BCUT2D eigenvalue weighted by Crippen LogP contribution is 2.27. The minimum atomic E-state index is -0.536. The van der Waals surface area contributed by atoms with E-state index in [0.717, 1.165) is 5.56 Å². The van der Waals surface area contributed by atoms with Crippen LogP contribution in [0, 0.1) is 15.9 Å². The Bertz CT molecular complexity index is 602. The van der Waals surface area contributed by atoms with Crippen LogP contribution < -0.4 is 5.32 Å². The summed E-state index contributed by atoms with van der Waals surface area (Å²) in [5.41, 5.74) is 1.31. The van der Waals surface area contributed by atoms with Gasteiger partial charge in [0.25, 0.3) is 5.69 Å². The van der Waals surface area contributed by atoms with Crippen LogP contribution in [0.2, 0.25) is 5.02 Å². The molecular formula is C13H10ClFN2O2. The molecule has 0 amide bonds. The Morgan fingerprint density at radius 3 is 2.53 bits per heavy atom. The zero-order valence-electron chi connectivity index (χ0n) is 9.77. The molecule has 0 atom stereocenters. The van der Waals surface area contributed by atoms with E-state index < -0.39 is 4.92 Å². The average Bonchev–Trinajstić information content (AvgIpc) is 2.39. The van der Waals surface area contributed by atoms with Gasteiger partial charge in [0.1, 0.15) is 10.8 Å². The molecule has 6 heteroatoms. The van der Waals surface area contributed by atoms with Crippen LogP contribution in [0.1, 0.15) is 5.56 Å². The molecule has 0 saturated heterocycles. The van der Waals surface area contributed by atoms with Gasteiger partial charge in [-0.15, -0.1) is 0 Å². The molecule has 0 aliphatic rings. The predicted molar refractivity (Wildman–Crippen MR) is 71.8 cm³/mol. The third-order valence-corrected chi connectivity index (χ3v) is 2.87. The molecule has 0 aliphatic heterocycles. The first-order chi connectivity index (χ1) is 9.06. The first-order valence-electron chi connectivity index (χ1n) is 5.48. The average molecular weight is 281 g/mol. The molecule has 2 rings (SSSR count). The van der Waals surface area contributed by atoms with Crippen LogP contribution in [0.15, 0.2) is 42.5 Å². The monoisotopic (exact) mass is 280 g/mol. The van der Waals surface area contributed by atoms with Gasteiger partial charge in [0.2, 0.25) is 0 Å². The molecule has 19 heavy (non-hydrogen) atoms. The van der Waals surface area contributed by atoms with Crippen LogP contribution in [-0.2, 0) is 6.54 Å². The second-order valence-corrected chi connectivity index (χ2v) is 4.31. The van der Waals surface area contributed by atoms with Crippen molar-refractivity contribution < 1.29 is 9.31 Å². The van der Waals surface area contributed by atoms with E-state index in [0.29, 0.717) is 12.2 Å². The molecule has 0 radical (unpaired) electrons. The SMILES string of the molecule is O=[N+]([O-])c1cc(NCc2ccc(F)cc2)ccc1Cl. The second-order valence-electron chi connectivity index (χ2n) is 3.90. The highest BCUT2D eigenvalue weighted by molar-refractivity contribution is 6.32. The van der Waals surface area contributed by atoms with Gasteiger partial charge in [-0.2, -0.15) is 0 Å². The Hall–Kier alpha value is -2.14. The topological polar surface area (TPSA) is 55.2 Å². The van der Waals surface area contributed by atoms with Gasteiger partial charge in [-0.25, -0.2) is 4.39 Å². The Morgan fingerprint density at radius 1 is 1.21 bits per heavy atom. The van der Waals surface area contributed by atoms with Crippen molar-refractivity contribution in [1.29, 1.82) is 0 Å². The van der Waals surface area contributed by atoms with Crippen LogP contribution >= 0.6 is 11.6 Å². The maximum Gasteiger partial charge on any atom is 0.289 e. The van der Waals surface area contributed by atoms with Crippen molar-refractivity contribution in [3.63, 3.8) is 0 Å². The predicted octanol–water partition coefficient (Wildman–Crippen LogP) is 4.00. The molecule has 0 fully saturated rings. The fourth-order valence-electron chi connectivity index (χ4n) is 1.57. The molecule has 2 aromatic rings. The van der Waals surface area contributed by atoms with Crippen molar-refractivity contribution in [3.05, 3.63) is 69.0 Å². The maximum atomic E-state index is 12.7. The third-order valence-electron chi connectivity index (χ3n) is 2.55. The molecular weight excluding hydrogens is 271 g/mol. The summed E-state index contributed by atoms with van der Waals surface area (Å²) in [6, 6.07) is 10.5. The van der Waals surface area contributed by atoms with Crippen LogP contribution in [0.4, 0.5) is 15.8 Å². The summed E-state index contributed by atoms with van der Waals surface area (Å²) in [7, 11) is 0. The molecule has 0 spiro atoms. The van der Waals surface area contributed by atoms with Crippen molar-refractivity contribution in [2.45, 2.75) is 6.54 Å². The molecule has 4 nitrogen and oxygen atoms in total. The zero-order valence-corrected chi connectivity index (χ0v) is 10.5. The standard InChI is InChI=1S/C13H10ClFN2O2/c14-12-6-5-11(7-13(12)17(18)19)16-8-9-1-3-10(15)4-2-9/h1-7,16H,8H2. The molecule has 0 heterocycles. The number of nitrogens with zero attached hydrogens (tertiary/aromatic N) is 1. The molecule has 0 unspecified atom stereocenters. The van der Waals surface area contributed by atoms with Crippen LogP contribution in [0.25, 0.3) is 0 Å². The van der Waals surface area contributed by atoms with Crippen LogP contribution in [0.5, 0.6) is 0 Å². The molecule has 2 aromatic carbocycles. The molecule has 0 saturated carbocycles. The summed E-state index contributed by atoms with van der Waals surface area (Å²) in [6.07, 6.45) is 0. The fourth-order valence-corrected chi connectivity index (χ4v) is 1.76. The highest BCUT2D eigenvalue weighted by Gasteiger charge is 2.12. The molecule has 1 N–H and O–H groups in total. The lowest BCUT2D eigenvalue weighted by atomic mass is 10.2. The summed E-state index contributed by atoms with van der Waals surface area (Å²) in [5, 5.41) is 13.8. The van der Waals surface area contributed by atoms with Crippen molar-refractivity contribution >= 4 is 23.0 Å². The number of hydrogen-bond acceptors (Lipinski definition) is 3. The number of nitro groups is 1. The van der Waals surface area contributed by atoms with E-state index in [-0.39, 0.29) is 16.5 Å². The smallest absolute Gasteiger partial charge is 0.289 e. The van der Waals surface area contributed by atoms with Gasteiger partial charge in [0.15, 0.2) is 0 Å². The second kappa shape index (κ2) is 5.67. The van der Waals surface area contributed by atoms with E-state index in [2.05, 4.69) is 5.32 Å². The summed E-state index contributed by atoms with van der Waals surface area (Å²) >= 11 is 5.71. The lowest BCUT2D eigenvalue weighted by molar-refractivity contribution is -0.384. The number of anilines is 1. The molecule has 0 bridgehead atoms. The van der Waals surface area contributed by atoms with Gasteiger partial charge in [-0.1, -0.05) is 23.7 Å². The van der Waals surface area contributed by atoms with E-state index in [1.165, 1.54) is 24.3 Å². The van der Waals surface area contributed by atoms with E-state index in [1.807, 2.05) is 0 Å². The molecule has 98 valence electrons. The Kier molecular flexibility index (Phi) is 3.97. The lowest BCUT2D eigenvalue weighted by Crippen LogP contribution is -2.00. The third kappa shape index (κ3) is 3.42. The largest absolute Gasteiger partial charge is 0.381 e. The summed E-state index contributed by atoms with van der Waals surface area (Å²) in [4.78, 5) is 10.2. The number of benzene rings is 2. The van der Waals surface area contributed by atoms with Gasteiger partial charge in [-0.05, 0) is 29.8 Å². The first-order valence-corrected chi connectivity index (χ1v) is 5.86. The van der Waals surface area contributed by atoms with Gasteiger partial charge in [-0.3, -0.25) is 10.1 Å². The highest BCUT2D eigenvalue weighted by atomic mass is 35.5. The lowest BCUT2D eigenvalue weighted by Gasteiger charge is -2.07. The van der Waals surface area contributed by atoms with Crippen molar-refractivity contribution in [2.24, 2.45) is 0 Å². The molecule has 0 aliphatic carbocycles. The fraction of sp³-hybridized carbons (Fsp3) is 0.0769. The van der Waals surface area contributed by atoms with Gasteiger partial charge in [0.05, 0.1) is 4.92 Å². The molecule has 0 aromatic heterocycles. The van der Waals surface area contributed by atoms with Gasteiger partial charge >= 0.3 is 0 Å². The Labute approximate surface area is 114 Å². The summed E-state index contributed by atoms with van der Waals surface area (Å²) < 4.78 is 12.7. The number of rotatable bonds is 4. The van der Waals surface area contributed by atoms with Crippen LogP contribution in [-0.4, -0.2) is 4.92 Å². The summed E-state index contributed by atoms with van der Waals surface area (Å²) in [5.74, 6) is -0.300. The van der Waals surface area contributed by atoms with E-state index in [1.54, 1.807) is 18.2 Å². The summed E-state index contributed by atoms with van der Waals surface area (Å²) in [6.45, 7) is 0.444. The van der Waals surface area contributed by atoms with Crippen molar-refractivity contribution in [3.8, 4) is 0 Å². The van der Waals surface area contributed by atoms with E-state index in [9.17, 15) is 14.5 Å². The maximum absolute atomic E-state index is 12.7. The van der Waals surface area contributed by atoms with Crippen molar-refractivity contribution in [2.75, 3.05) is 5.32 Å². The zero-order chi connectivity index (χ0) is 13.8.